The highest BCUT2D eigenvalue weighted by molar-refractivity contribution is 6.73. The number of rotatable bonds is 3. The summed E-state index contributed by atoms with van der Waals surface area (Å²) < 4.78 is 0. The van der Waals surface area contributed by atoms with E-state index in [1.54, 1.807) is 0 Å². The molecular weight excluding hydrogens is 525 g/mol. The molecule has 6 aromatic rings. The van der Waals surface area contributed by atoms with Gasteiger partial charge in [-0.3, -0.25) is 0 Å². The van der Waals surface area contributed by atoms with Crippen molar-refractivity contribution >= 4 is 195 Å². The van der Waals surface area contributed by atoms with E-state index < -0.39 is 0 Å². The van der Waals surface area contributed by atoms with Gasteiger partial charge in [-0.05, 0) is 54.9 Å². The Kier molecular flexibility index (Phi) is 8.08. The van der Waals surface area contributed by atoms with Gasteiger partial charge in [-0.15, -0.1) is 38.2 Å². The SMILES string of the molecule is Bc1c(B)c(B)c(-c2c3c(B)c(B)c(B)c(B)c3c(-c3ccc(-c4ccccc4)cc3)c3c(B)c(B)c(B)c(B)c23)c(B)c1B. The van der Waals surface area contributed by atoms with Gasteiger partial charge >= 0.3 is 0 Å². The molecule has 0 saturated carbocycles. The van der Waals surface area contributed by atoms with Crippen LogP contribution in [0.15, 0.2) is 54.6 Å². The Bertz CT molecular complexity index is 2120. The molecule has 0 aliphatic heterocycles. The molecule has 0 fully saturated rings. The van der Waals surface area contributed by atoms with Gasteiger partial charge in [0.1, 0.15) is 102 Å². The number of hydrogen-bond acceptors (Lipinski definition) is 0. The Morgan fingerprint density at radius 2 is 0.511 bits per heavy atom. The topological polar surface area (TPSA) is 0 Å². The zero-order chi connectivity index (χ0) is 32.6. The molecule has 0 heterocycles. The summed E-state index contributed by atoms with van der Waals surface area (Å²) in [7, 11) is 30.3. The molecule has 0 nitrogen and oxygen atoms in total. The van der Waals surface area contributed by atoms with Crippen molar-refractivity contribution in [2.24, 2.45) is 0 Å². The molecule has 0 saturated heterocycles. The van der Waals surface area contributed by atoms with Gasteiger partial charge in [0.15, 0.2) is 0 Å². The second-order valence-corrected chi connectivity index (χ2v) is 13.7. The van der Waals surface area contributed by atoms with Crippen molar-refractivity contribution in [3.05, 3.63) is 54.6 Å². The summed E-state index contributed by atoms with van der Waals surface area (Å²) in [6, 6.07) is 20.1. The van der Waals surface area contributed by atoms with Gasteiger partial charge in [-0.1, -0.05) is 87.4 Å². The summed E-state index contributed by atoms with van der Waals surface area (Å²) in [5.74, 6) is 0. The van der Waals surface area contributed by atoms with E-state index in [0.29, 0.717) is 0 Å². The minimum Gasteiger partial charge on any atom is -0.102 e. The van der Waals surface area contributed by atoms with Crippen LogP contribution in [0.4, 0.5) is 0 Å². The predicted octanol–water partition coefficient (Wildman–Crippen LogP) is -13.6. The van der Waals surface area contributed by atoms with E-state index in [-0.39, 0.29) is 0 Å². The second kappa shape index (κ2) is 11.5. The van der Waals surface area contributed by atoms with Crippen LogP contribution in [-0.2, 0) is 0 Å². The molecule has 202 valence electrons. The summed E-state index contributed by atoms with van der Waals surface area (Å²) >= 11 is 0. The van der Waals surface area contributed by atoms with Crippen molar-refractivity contribution < 1.29 is 0 Å². The molecule has 0 aliphatic rings. The molecule has 0 bridgehead atoms. The molecule has 0 atom stereocenters. The van der Waals surface area contributed by atoms with Crippen molar-refractivity contribution in [3.63, 3.8) is 0 Å². The maximum atomic E-state index is 2.36. The van der Waals surface area contributed by atoms with Crippen molar-refractivity contribution in [1.82, 2.24) is 0 Å². The minimum atomic E-state index is 1.25. The molecule has 6 rings (SSSR count). The average molecular weight is 560 g/mol. The van der Waals surface area contributed by atoms with E-state index in [0.717, 1.165) is 0 Å². The van der Waals surface area contributed by atoms with Crippen LogP contribution in [0, 0.1) is 0 Å². The maximum Gasteiger partial charge on any atom is 0.139 e. The fourth-order valence-electron chi connectivity index (χ4n) is 8.00. The number of fused-ring (bicyclic) bond motifs is 2. The van der Waals surface area contributed by atoms with E-state index >= 15 is 0 Å². The molecule has 0 aromatic heterocycles. The summed E-state index contributed by atoms with van der Waals surface area (Å²) in [4.78, 5) is 0. The zero-order valence-corrected chi connectivity index (χ0v) is 29.7. The third kappa shape index (κ3) is 4.63. The Morgan fingerprint density at radius 1 is 0.222 bits per heavy atom. The van der Waals surface area contributed by atoms with Crippen LogP contribution >= 0.6 is 0 Å². The summed E-state index contributed by atoms with van der Waals surface area (Å²) in [6.45, 7) is 0. The fourth-order valence-corrected chi connectivity index (χ4v) is 8.00. The third-order valence-electron chi connectivity index (χ3n) is 11.9. The third-order valence-corrected chi connectivity index (χ3v) is 11.9. The highest BCUT2D eigenvalue weighted by Gasteiger charge is 2.27. The Morgan fingerprint density at radius 3 is 0.911 bits per heavy atom. The van der Waals surface area contributed by atoms with Gasteiger partial charge in [0.25, 0.3) is 0 Å². The van der Waals surface area contributed by atoms with E-state index in [4.69, 9.17) is 0 Å². The van der Waals surface area contributed by atoms with E-state index in [9.17, 15) is 0 Å². The smallest absolute Gasteiger partial charge is 0.102 e. The Hall–Kier alpha value is -3.32. The molecule has 0 N–H and O–H groups in total. The van der Waals surface area contributed by atoms with Gasteiger partial charge in [-0.25, -0.2) is 0 Å². The largest absolute Gasteiger partial charge is 0.139 e. The van der Waals surface area contributed by atoms with E-state index in [2.05, 4.69) is 157 Å². The van der Waals surface area contributed by atoms with Gasteiger partial charge in [0.2, 0.25) is 0 Å². The van der Waals surface area contributed by atoms with Crippen LogP contribution in [-0.4, -0.2) is 102 Å². The Labute approximate surface area is 281 Å². The molecule has 0 amide bonds. The van der Waals surface area contributed by atoms with Crippen LogP contribution in [0.25, 0.3) is 54.9 Å². The highest BCUT2D eigenvalue weighted by atomic mass is 14.3. The van der Waals surface area contributed by atoms with Crippen LogP contribution in [0.5, 0.6) is 0 Å². The van der Waals surface area contributed by atoms with Crippen molar-refractivity contribution in [3.8, 4) is 33.4 Å². The first-order valence-electron chi connectivity index (χ1n) is 16.5. The van der Waals surface area contributed by atoms with Crippen molar-refractivity contribution in [1.29, 1.82) is 0 Å². The van der Waals surface area contributed by atoms with Crippen LogP contribution < -0.4 is 71.0 Å². The lowest BCUT2D eigenvalue weighted by atomic mass is 9.56. The quantitative estimate of drug-likeness (QED) is 0.149. The molecule has 45 heavy (non-hydrogen) atoms. The summed E-state index contributed by atoms with van der Waals surface area (Å²) in [5, 5.41) is 5.66. The van der Waals surface area contributed by atoms with Crippen LogP contribution in [0.2, 0.25) is 0 Å². The van der Waals surface area contributed by atoms with Gasteiger partial charge in [0, 0.05) is 0 Å². The van der Waals surface area contributed by atoms with Gasteiger partial charge in [0.05, 0.1) is 0 Å². The number of benzene rings is 6. The maximum absolute atomic E-state index is 2.36. The molecule has 0 radical (unpaired) electrons. The summed E-state index contributed by atoms with van der Waals surface area (Å²) in [5.41, 5.74) is 26.3. The van der Waals surface area contributed by atoms with E-state index in [1.807, 2.05) is 0 Å². The van der Waals surface area contributed by atoms with Gasteiger partial charge < -0.3 is 0 Å². The highest BCUT2D eigenvalue weighted by Crippen LogP contribution is 2.40. The molecular formula is C32H35B13. The van der Waals surface area contributed by atoms with E-state index in [1.165, 1.54) is 126 Å². The normalized spacial score (nSPS) is 11.4. The minimum absolute atomic E-state index is 1.25. The molecule has 6 aromatic carbocycles. The zero-order valence-electron chi connectivity index (χ0n) is 29.7. The monoisotopic (exact) mass is 562 g/mol. The summed E-state index contributed by atoms with van der Waals surface area (Å²) in [6.07, 6.45) is 0. The van der Waals surface area contributed by atoms with Crippen LogP contribution in [0.3, 0.4) is 0 Å². The van der Waals surface area contributed by atoms with Crippen molar-refractivity contribution in [2.75, 3.05) is 0 Å². The molecule has 13 heteroatoms. The molecule has 0 aliphatic carbocycles. The average Bonchev–Trinajstić information content (AvgIpc) is 3.05. The first-order chi connectivity index (χ1) is 21.3. The lowest BCUT2D eigenvalue weighted by Gasteiger charge is -2.30. The molecule has 0 unspecified atom stereocenters. The lowest BCUT2D eigenvalue weighted by molar-refractivity contribution is 1.62. The lowest BCUT2D eigenvalue weighted by Crippen LogP contribution is -2.55. The van der Waals surface area contributed by atoms with Crippen molar-refractivity contribution in [2.45, 2.75) is 0 Å². The van der Waals surface area contributed by atoms with Crippen LogP contribution in [0.1, 0.15) is 0 Å². The second-order valence-electron chi connectivity index (χ2n) is 13.7. The standard InChI is InChI=1S/C32H35B13/c33-20-15-13(12-8-6-11(7-9-12)10-4-2-1-3-5-10)16-18(23(36)29(42)27(40)21(16)34)14(17(15)22(35)28(41)26(20)39)19-24(37)30(43)32(45)31(44)25(19)38/h1-9H,33-45H2. The Balaban J connectivity index is 1.93. The number of hydrogen-bond donors (Lipinski definition) is 0. The predicted molar refractivity (Wildman–Crippen MR) is 244 cm³/mol. The fraction of sp³-hybridized carbons (Fsp3) is 0. The molecule has 0 spiro atoms. The van der Waals surface area contributed by atoms with Gasteiger partial charge in [-0.2, -0.15) is 0 Å². The first-order valence-corrected chi connectivity index (χ1v) is 16.5. The first kappa shape index (κ1) is 31.7.